The van der Waals surface area contributed by atoms with Crippen molar-refractivity contribution in [2.75, 3.05) is 28.4 Å². The van der Waals surface area contributed by atoms with Crippen LogP contribution in [0, 0.1) is 0 Å². The molecule has 0 saturated heterocycles. The third-order valence-electron chi connectivity index (χ3n) is 2.51. The topological polar surface area (TPSA) is 83.0 Å². The van der Waals surface area contributed by atoms with Crippen LogP contribution in [-0.4, -0.2) is 36.6 Å². The second-order valence-corrected chi connectivity index (χ2v) is 15.1. The summed E-state index contributed by atoms with van der Waals surface area (Å²) in [5.41, 5.74) is 0. The van der Waals surface area contributed by atoms with Gasteiger partial charge in [0.05, 0.1) is 28.4 Å². The molecule has 107 valence electrons. The number of rotatable bonds is 7. The molecular weight excluding hydrogens is 306 g/mol. The summed E-state index contributed by atoms with van der Waals surface area (Å²) >= 11 is 0. The molecule has 0 unspecified atom stereocenters. The molecule has 0 atom stereocenters. The van der Waals surface area contributed by atoms with Gasteiger partial charge in [0.15, 0.2) is 0 Å². The molecule has 0 bridgehead atoms. The monoisotopic (exact) mass is 323 g/mol. The van der Waals surface area contributed by atoms with Crippen molar-refractivity contribution in [2.24, 2.45) is 0 Å². The van der Waals surface area contributed by atoms with Crippen molar-refractivity contribution in [3.8, 4) is 0 Å². The Kier molecular flexibility index (Phi) is 6.46. The summed E-state index contributed by atoms with van der Waals surface area (Å²) in [6.07, 6.45) is 0. The van der Waals surface area contributed by atoms with Gasteiger partial charge in [-0.25, -0.2) is 18.1 Å². The van der Waals surface area contributed by atoms with Crippen LogP contribution in [0.1, 0.15) is 0 Å². The Hall–Kier alpha value is 0.0569. The van der Waals surface area contributed by atoms with E-state index in [1.54, 1.807) is 30.3 Å². The maximum absolute atomic E-state index is 12.7. The van der Waals surface area contributed by atoms with Gasteiger partial charge in [-0.3, -0.25) is 0 Å². The highest BCUT2D eigenvalue weighted by molar-refractivity contribution is 8.23. The molecule has 0 fully saturated rings. The maximum atomic E-state index is 12.7. The maximum Gasteiger partial charge on any atom is 0.617 e. The Morgan fingerprint density at radius 2 is 1.16 bits per heavy atom. The van der Waals surface area contributed by atoms with E-state index in [0.717, 1.165) is 0 Å². The van der Waals surface area contributed by atoms with Crippen LogP contribution < -0.4 is 15.0 Å². The quantitative estimate of drug-likeness (QED) is 0.527. The summed E-state index contributed by atoms with van der Waals surface area (Å²) in [5, 5.41) is 0.603. The van der Waals surface area contributed by atoms with Gasteiger partial charge in [-0.05, 0) is 0 Å². The average molecular weight is 323 g/mol. The molecule has 0 saturated carbocycles. The van der Waals surface area contributed by atoms with Crippen molar-refractivity contribution in [2.45, 2.75) is 0 Å². The molecule has 0 aromatic heterocycles. The number of benzene rings is 1. The summed E-state index contributed by atoms with van der Waals surface area (Å²) in [6.45, 7) is 0. The number of hydrogen-bond donors (Lipinski definition) is 0. The van der Waals surface area contributed by atoms with Crippen LogP contribution in [0.4, 0.5) is 0 Å². The summed E-state index contributed by atoms with van der Waals surface area (Å²) in [7, 11) is -4.51. The average Bonchev–Trinajstić information content (AvgIpc) is 2.48. The van der Waals surface area contributed by atoms with E-state index in [0.29, 0.717) is 5.19 Å². The van der Waals surface area contributed by atoms with Gasteiger partial charge in [-0.1, -0.05) is 30.3 Å². The molecule has 19 heavy (non-hydrogen) atoms. The van der Waals surface area contributed by atoms with Gasteiger partial charge in [0.25, 0.3) is 0 Å². The van der Waals surface area contributed by atoms with E-state index in [-0.39, 0.29) is 0 Å². The zero-order valence-electron chi connectivity index (χ0n) is 11.2. The molecule has 1 aromatic rings. The molecular formula is C10H17O6P2Si. The van der Waals surface area contributed by atoms with Crippen LogP contribution in [0.3, 0.4) is 0 Å². The van der Waals surface area contributed by atoms with E-state index in [2.05, 4.69) is 0 Å². The highest BCUT2D eigenvalue weighted by Crippen LogP contribution is 2.70. The molecule has 0 aliphatic carbocycles. The van der Waals surface area contributed by atoms with Crippen LogP contribution >= 0.6 is 15.0 Å². The van der Waals surface area contributed by atoms with Crippen molar-refractivity contribution in [3.05, 3.63) is 30.3 Å². The number of hydrogen-bond acceptors (Lipinski definition) is 6. The first-order valence-corrected chi connectivity index (χ1v) is 11.6. The van der Waals surface area contributed by atoms with Crippen LogP contribution in [-0.2, 0) is 18.1 Å². The fourth-order valence-corrected chi connectivity index (χ4v) is 15.4. The third-order valence-corrected chi connectivity index (χ3v) is 17.6. The lowest BCUT2D eigenvalue weighted by Gasteiger charge is -2.35. The minimum Gasteiger partial charge on any atom is -0.639 e. The van der Waals surface area contributed by atoms with Gasteiger partial charge in [-0.15, -0.1) is 0 Å². The van der Waals surface area contributed by atoms with E-state index in [1.807, 2.05) is 0 Å². The fraction of sp³-hybridized carbons (Fsp3) is 0.400. The lowest BCUT2D eigenvalue weighted by molar-refractivity contribution is -0.211. The van der Waals surface area contributed by atoms with Gasteiger partial charge in [0.2, 0.25) is 15.0 Å². The zero-order valence-corrected chi connectivity index (χ0v) is 14.0. The van der Waals surface area contributed by atoms with E-state index in [4.69, 9.17) is 18.1 Å². The van der Waals surface area contributed by atoms with Gasteiger partial charge in [-0.2, -0.15) is 0 Å². The van der Waals surface area contributed by atoms with Gasteiger partial charge >= 0.3 is 8.13 Å². The van der Waals surface area contributed by atoms with Crippen molar-refractivity contribution in [3.63, 3.8) is 0 Å². The lowest BCUT2D eigenvalue weighted by Crippen LogP contribution is -2.46. The van der Waals surface area contributed by atoms with Crippen molar-refractivity contribution < 1.29 is 27.9 Å². The summed E-state index contributed by atoms with van der Waals surface area (Å²) in [5.74, 6) is 0. The lowest BCUT2D eigenvalue weighted by atomic mass is 10.4. The fourth-order valence-electron chi connectivity index (χ4n) is 1.55. The molecule has 0 amide bonds. The van der Waals surface area contributed by atoms with E-state index >= 15 is 0 Å². The van der Waals surface area contributed by atoms with E-state index in [1.165, 1.54) is 28.4 Å². The summed E-state index contributed by atoms with van der Waals surface area (Å²) < 4.78 is 20.0. The second-order valence-electron chi connectivity index (χ2n) is 3.41. The molecule has 0 aliphatic rings. The Bertz CT molecular complexity index is 367. The van der Waals surface area contributed by atoms with Crippen LogP contribution in [0.15, 0.2) is 30.3 Å². The van der Waals surface area contributed by atoms with Gasteiger partial charge < -0.3 is 9.79 Å². The first-order valence-electron chi connectivity index (χ1n) is 5.34. The molecule has 1 radical (unpaired) electrons. The van der Waals surface area contributed by atoms with Crippen molar-refractivity contribution in [1.29, 1.82) is 0 Å². The highest BCUT2D eigenvalue weighted by Gasteiger charge is 2.66. The van der Waals surface area contributed by atoms with Crippen molar-refractivity contribution in [1.82, 2.24) is 0 Å². The summed E-state index contributed by atoms with van der Waals surface area (Å²) in [6, 6.07) is 8.74. The van der Waals surface area contributed by atoms with Gasteiger partial charge in [0.1, 0.15) is 0 Å². The van der Waals surface area contributed by atoms with E-state index in [9.17, 15) is 9.79 Å². The largest absolute Gasteiger partial charge is 0.639 e. The van der Waals surface area contributed by atoms with Crippen LogP contribution in [0.2, 0.25) is 0 Å². The Labute approximate surface area is 115 Å². The minimum atomic E-state index is -3.58. The van der Waals surface area contributed by atoms with Crippen LogP contribution in [0.5, 0.6) is 0 Å². The normalized spacial score (nSPS) is 13.0. The van der Waals surface area contributed by atoms with E-state index < -0.39 is 23.1 Å². The molecule has 0 spiro atoms. The Balaban J connectivity index is 3.34. The predicted octanol–water partition coefficient (Wildman–Crippen LogP) is 0.213. The zero-order chi connectivity index (χ0) is 14.5. The Morgan fingerprint density at radius 3 is 1.47 bits per heavy atom. The molecule has 1 rings (SSSR count). The molecule has 0 aliphatic heterocycles. The second kappa shape index (κ2) is 7.18. The standard InChI is InChI=1S/C10H17O6P2Si/c1-13-17(11,14-2)19(18(12,15-3)16-4)10-8-6-5-7-9-10/h5-9H,1-4H3. The highest BCUT2D eigenvalue weighted by atomic mass is 31.7. The third kappa shape index (κ3) is 3.58. The first-order chi connectivity index (χ1) is 8.97. The Morgan fingerprint density at radius 1 is 0.789 bits per heavy atom. The smallest absolute Gasteiger partial charge is 0.617 e. The SMILES string of the molecule is CO[P+]([O-])(OC)[Si](c1ccccc1)[P+]([O-])(OC)OC. The molecule has 0 heterocycles. The summed E-state index contributed by atoms with van der Waals surface area (Å²) in [4.78, 5) is 25.4. The van der Waals surface area contributed by atoms with Crippen LogP contribution in [0.25, 0.3) is 0 Å². The molecule has 9 heteroatoms. The molecule has 0 N–H and O–H groups in total. The molecule has 1 aromatic carbocycles. The minimum absolute atomic E-state index is 0.603. The van der Waals surface area contributed by atoms with Gasteiger partial charge in [0, 0.05) is 5.19 Å². The van der Waals surface area contributed by atoms with Crippen molar-refractivity contribution >= 4 is 28.3 Å². The molecule has 6 nitrogen and oxygen atoms in total. The predicted molar refractivity (Wildman–Crippen MR) is 73.7 cm³/mol. The first kappa shape index (κ1) is 17.1.